The number of hydrogen-bond acceptors (Lipinski definition) is 2. The van der Waals surface area contributed by atoms with Crippen molar-refractivity contribution in [1.82, 2.24) is 4.98 Å². The zero-order chi connectivity index (χ0) is 12.5. The Kier molecular flexibility index (Phi) is 2.65. The number of para-hydroxylation sites is 1. The first-order chi connectivity index (χ1) is 8.74. The van der Waals surface area contributed by atoms with Gasteiger partial charge in [-0.2, -0.15) is 0 Å². The van der Waals surface area contributed by atoms with Gasteiger partial charge in [-0.05, 0) is 29.8 Å². The number of nitrogens with two attached hydrogens (primary N) is 1. The van der Waals surface area contributed by atoms with E-state index in [1.807, 2.05) is 54.6 Å². The molecular weight excluding hydrogens is 244 g/mol. The van der Waals surface area contributed by atoms with Crippen LogP contribution in [0, 0.1) is 0 Å². The smallest absolute Gasteiger partial charge is 0.137 e. The monoisotopic (exact) mass is 254 g/mol. The van der Waals surface area contributed by atoms with Crippen molar-refractivity contribution >= 4 is 28.2 Å². The van der Waals surface area contributed by atoms with Gasteiger partial charge in [-0.3, -0.25) is 0 Å². The zero-order valence-electron chi connectivity index (χ0n) is 9.60. The van der Waals surface area contributed by atoms with Crippen molar-refractivity contribution in [1.29, 1.82) is 0 Å². The molecular formula is C15H11ClN2. The Hall–Kier alpha value is -2.06. The lowest BCUT2D eigenvalue weighted by molar-refractivity contribution is 1.41. The van der Waals surface area contributed by atoms with Gasteiger partial charge in [0.2, 0.25) is 0 Å². The molecule has 0 amide bonds. The van der Waals surface area contributed by atoms with Gasteiger partial charge < -0.3 is 5.73 Å². The third kappa shape index (κ3) is 1.91. The molecule has 88 valence electrons. The summed E-state index contributed by atoms with van der Waals surface area (Å²) >= 11 is 6.24. The lowest BCUT2D eigenvalue weighted by atomic mass is 10.0. The Morgan fingerprint density at radius 3 is 2.61 bits per heavy atom. The SMILES string of the molecule is Nc1cccc(-c2cc3ccccc3nc2Cl)c1. The quantitative estimate of drug-likeness (QED) is 0.524. The highest BCUT2D eigenvalue weighted by Gasteiger charge is 2.07. The standard InChI is InChI=1S/C15H11ClN2/c16-15-13(10-5-3-6-12(17)8-10)9-11-4-1-2-7-14(11)18-15/h1-9H,17H2. The highest BCUT2D eigenvalue weighted by molar-refractivity contribution is 6.32. The summed E-state index contributed by atoms with van der Waals surface area (Å²) in [5.74, 6) is 0. The van der Waals surface area contributed by atoms with Crippen molar-refractivity contribution < 1.29 is 0 Å². The van der Waals surface area contributed by atoms with Crippen LogP contribution in [0.5, 0.6) is 0 Å². The summed E-state index contributed by atoms with van der Waals surface area (Å²) in [6.07, 6.45) is 0. The zero-order valence-corrected chi connectivity index (χ0v) is 10.4. The molecule has 2 nitrogen and oxygen atoms in total. The first kappa shape index (κ1) is 11.1. The molecule has 18 heavy (non-hydrogen) atoms. The second-order valence-corrected chi connectivity index (χ2v) is 4.50. The van der Waals surface area contributed by atoms with E-state index in [0.29, 0.717) is 5.15 Å². The fourth-order valence-corrected chi connectivity index (χ4v) is 2.26. The molecule has 0 bridgehead atoms. The van der Waals surface area contributed by atoms with Crippen molar-refractivity contribution in [2.45, 2.75) is 0 Å². The molecule has 0 aliphatic carbocycles. The minimum Gasteiger partial charge on any atom is -0.399 e. The number of halogens is 1. The number of pyridine rings is 1. The van der Waals surface area contributed by atoms with Gasteiger partial charge in [-0.25, -0.2) is 4.98 Å². The van der Waals surface area contributed by atoms with Crippen LogP contribution in [0.2, 0.25) is 5.15 Å². The van der Waals surface area contributed by atoms with Crippen LogP contribution in [0.1, 0.15) is 0 Å². The number of nitrogens with zero attached hydrogens (tertiary/aromatic N) is 1. The molecule has 0 fully saturated rings. The predicted molar refractivity (Wildman–Crippen MR) is 76.6 cm³/mol. The van der Waals surface area contributed by atoms with Crippen LogP contribution in [-0.2, 0) is 0 Å². The molecule has 0 spiro atoms. The van der Waals surface area contributed by atoms with E-state index in [2.05, 4.69) is 4.98 Å². The molecule has 2 aromatic carbocycles. The van der Waals surface area contributed by atoms with Crippen LogP contribution in [0.25, 0.3) is 22.0 Å². The second-order valence-electron chi connectivity index (χ2n) is 4.14. The number of benzene rings is 2. The first-order valence-corrected chi connectivity index (χ1v) is 6.03. The third-order valence-corrected chi connectivity index (χ3v) is 3.16. The molecule has 0 aliphatic rings. The van der Waals surface area contributed by atoms with Gasteiger partial charge in [0, 0.05) is 16.6 Å². The van der Waals surface area contributed by atoms with Crippen molar-refractivity contribution in [3.8, 4) is 11.1 Å². The summed E-state index contributed by atoms with van der Waals surface area (Å²) < 4.78 is 0. The van der Waals surface area contributed by atoms with Gasteiger partial charge in [0.1, 0.15) is 5.15 Å². The van der Waals surface area contributed by atoms with E-state index >= 15 is 0 Å². The van der Waals surface area contributed by atoms with Crippen LogP contribution >= 0.6 is 11.6 Å². The molecule has 0 saturated carbocycles. The normalized spacial score (nSPS) is 10.7. The van der Waals surface area contributed by atoms with Crippen molar-refractivity contribution in [3.05, 3.63) is 59.8 Å². The van der Waals surface area contributed by atoms with E-state index < -0.39 is 0 Å². The van der Waals surface area contributed by atoms with Crippen LogP contribution in [0.3, 0.4) is 0 Å². The minimum atomic E-state index is 0.499. The molecule has 0 unspecified atom stereocenters. The summed E-state index contributed by atoms with van der Waals surface area (Å²) in [7, 11) is 0. The Balaban J connectivity index is 2.26. The van der Waals surface area contributed by atoms with Crippen LogP contribution < -0.4 is 5.73 Å². The predicted octanol–water partition coefficient (Wildman–Crippen LogP) is 4.14. The van der Waals surface area contributed by atoms with Gasteiger partial charge in [0.15, 0.2) is 0 Å². The third-order valence-electron chi connectivity index (χ3n) is 2.88. The molecule has 2 N–H and O–H groups in total. The molecule has 0 atom stereocenters. The van der Waals surface area contributed by atoms with Gasteiger partial charge in [0.25, 0.3) is 0 Å². The summed E-state index contributed by atoms with van der Waals surface area (Å²) in [6.45, 7) is 0. The van der Waals surface area contributed by atoms with E-state index in [4.69, 9.17) is 17.3 Å². The lowest BCUT2D eigenvalue weighted by Gasteiger charge is -2.07. The molecule has 1 aromatic heterocycles. The maximum absolute atomic E-state index is 6.24. The highest BCUT2D eigenvalue weighted by atomic mass is 35.5. The van der Waals surface area contributed by atoms with E-state index in [1.54, 1.807) is 0 Å². The maximum Gasteiger partial charge on any atom is 0.137 e. The average Bonchev–Trinajstić information content (AvgIpc) is 2.38. The van der Waals surface area contributed by atoms with Gasteiger partial charge >= 0.3 is 0 Å². The summed E-state index contributed by atoms with van der Waals surface area (Å²) in [4.78, 5) is 4.41. The molecule has 1 heterocycles. The molecule has 3 heteroatoms. The topological polar surface area (TPSA) is 38.9 Å². The van der Waals surface area contributed by atoms with Gasteiger partial charge in [-0.15, -0.1) is 0 Å². The first-order valence-electron chi connectivity index (χ1n) is 5.65. The number of anilines is 1. The van der Waals surface area contributed by atoms with Gasteiger partial charge in [0.05, 0.1) is 5.52 Å². The number of nitrogen functional groups attached to an aromatic ring is 1. The van der Waals surface area contributed by atoms with E-state index in [0.717, 1.165) is 27.7 Å². The number of aromatic nitrogens is 1. The minimum absolute atomic E-state index is 0.499. The van der Waals surface area contributed by atoms with E-state index in [1.165, 1.54) is 0 Å². The largest absolute Gasteiger partial charge is 0.399 e. The van der Waals surface area contributed by atoms with Crippen LogP contribution in [-0.4, -0.2) is 4.98 Å². The van der Waals surface area contributed by atoms with E-state index in [9.17, 15) is 0 Å². The fraction of sp³-hybridized carbons (Fsp3) is 0. The van der Waals surface area contributed by atoms with Gasteiger partial charge in [-0.1, -0.05) is 41.9 Å². The summed E-state index contributed by atoms with van der Waals surface area (Å²) in [5, 5.41) is 1.57. The van der Waals surface area contributed by atoms with Crippen LogP contribution in [0.4, 0.5) is 5.69 Å². The molecule has 0 aliphatic heterocycles. The number of fused-ring (bicyclic) bond motifs is 1. The molecule has 0 radical (unpaired) electrons. The Morgan fingerprint density at radius 1 is 0.944 bits per heavy atom. The van der Waals surface area contributed by atoms with Crippen molar-refractivity contribution in [3.63, 3.8) is 0 Å². The summed E-state index contributed by atoms with van der Waals surface area (Å²) in [6, 6.07) is 17.6. The Bertz CT molecular complexity index is 723. The molecule has 3 aromatic rings. The van der Waals surface area contributed by atoms with Crippen molar-refractivity contribution in [2.24, 2.45) is 0 Å². The lowest BCUT2D eigenvalue weighted by Crippen LogP contribution is -1.88. The van der Waals surface area contributed by atoms with Crippen molar-refractivity contribution in [2.75, 3.05) is 5.73 Å². The molecule has 3 rings (SSSR count). The second kappa shape index (κ2) is 4.31. The average molecular weight is 255 g/mol. The van der Waals surface area contributed by atoms with E-state index in [-0.39, 0.29) is 0 Å². The maximum atomic E-state index is 6.24. The highest BCUT2D eigenvalue weighted by Crippen LogP contribution is 2.30. The summed E-state index contributed by atoms with van der Waals surface area (Å²) in [5.41, 5.74) is 9.30. The van der Waals surface area contributed by atoms with Crippen LogP contribution in [0.15, 0.2) is 54.6 Å². The fourth-order valence-electron chi connectivity index (χ4n) is 2.00. The number of rotatable bonds is 1. The molecule has 0 saturated heterocycles. The Morgan fingerprint density at radius 2 is 1.78 bits per heavy atom. The Labute approximate surface area is 110 Å². The number of hydrogen-bond donors (Lipinski definition) is 1.